The molecule has 3 aromatic rings. The van der Waals surface area contributed by atoms with E-state index < -0.39 is 0 Å². The molecule has 0 saturated carbocycles. The van der Waals surface area contributed by atoms with Crippen LogP contribution >= 0.6 is 34.4 Å². The average molecular weight is 426 g/mol. The molecule has 0 fully saturated rings. The van der Waals surface area contributed by atoms with Crippen LogP contribution in [0.5, 0.6) is 0 Å². The molecule has 0 aromatic heterocycles. The molecule has 0 bridgehead atoms. The van der Waals surface area contributed by atoms with E-state index in [1.807, 2.05) is 24.3 Å². The molecule has 4 heteroatoms. The Bertz CT molecular complexity index is 935. The zero-order chi connectivity index (χ0) is 15.8. The van der Waals surface area contributed by atoms with Gasteiger partial charge in [-0.2, -0.15) is 5.26 Å². The van der Waals surface area contributed by atoms with Gasteiger partial charge in [0.1, 0.15) is 6.07 Å². The Labute approximate surface area is 152 Å². The van der Waals surface area contributed by atoms with Crippen molar-refractivity contribution in [1.29, 1.82) is 5.26 Å². The number of rotatable bonds is 1. The predicted octanol–water partition coefficient (Wildman–Crippen LogP) is 6.10. The number of nitriles is 1. The van der Waals surface area contributed by atoms with Crippen molar-refractivity contribution < 1.29 is 0 Å². The van der Waals surface area contributed by atoms with Crippen LogP contribution in [0.25, 0.3) is 0 Å². The topological polar surface area (TPSA) is 27.0 Å². The fourth-order valence-corrected chi connectivity index (χ4v) is 4.50. The van der Waals surface area contributed by atoms with Crippen molar-refractivity contribution in [1.82, 2.24) is 0 Å². The zero-order valence-electron chi connectivity index (χ0n) is 12.0. The molecule has 0 N–H and O–H groups in total. The molecule has 1 aliphatic rings. The largest absolute Gasteiger partial charge is 0.307 e. The number of anilines is 3. The summed E-state index contributed by atoms with van der Waals surface area (Å²) in [5, 5.41) is 9.47. The Morgan fingerprint density at radius 3 is 2.30 bits per heavy atom. The van der Waals surface area contributed by atoms with E-state index in [9.17, 15) is 5.26 Å². The number of benzene rings is 3. The number of hydrogen-bond donors (Lipinski definition) is 0. The second-order valence-electron chi connectivity index (χ2n) is 5.12. The van der Waals surface area contributed by atoms with Gasteiger partial charge in [-0.3, -0.25) is 0 Å². The van der Waals surface area contributed by atoms with E-state index in [-0.39, 0.29) is 0 Å². The fraction of sp³-hybridized carbons (Fsp3) is 0. The van der Waals surface area contributed by atoms with Crippen LogP contribution in [0, 0.1) is 14.9 Å². The summed E-state index contributed by atoms with van der Waals surface area (Å²) in [6.45, 7) is 0. The highest BCUT2D eigenvalue weighted by Crippen LogP contribution is 2.52. The van der Waals surface area contributed by atoms with E-state index in [0.717, 1.165) is 27.5 Å². The SMILES string of the molecule is N#Cc1cccc2c1Sc1ccccc1N2c1ccccc1I. The zero-order valence-corrected chi connectivity index (χ0v) is 15.0. The van der Waals surface area contributed by atoms with Crippen molar-refractivity contribution in [2.24, 2.45) is 0 Å². The van der Waals surface area contributed by atoms with Gasteiger partial charge in [0.25, 0.3) is 0 Å². The summed E-state index contributed by atoms with van der Waals surface area (Å²) in [6, 6.07) is 24.9. The van der Waals surface area contributed by atoms with Crippen LogP contribution < -0.4 is 4.90 Å². The summed E-state index contributed by atoms with van der Waals surface area (Å²) in [5.74, 6) is 0. The Balaban J connectivity index is 2.03. The lowest BCUT2D eigenvalue weighted by Crippen LogP contribution is -2.16. The second-order valence-corrected chi connectivity index (χ2v) is 7.34. The van der Waals surface area contributed by atoms with Gasteiger partial charge in [-0.15, -0.1) is 0 Å². The van der Waals surface area contributed by atoms with E-state index in [2.05, 4.69) is 76.0 Å². The van der Waals surface area contributed by atoms with Crippen molar-refractivity contribution in [3.63, 3.8) is 0 Å². The maximum atomic E-state index is 9.47. The molecule has 0 aliphatic carbocycles. The highest BCUT2D eigenvalue weighted by atomic mass is 127. The van der Waals surface area contributed by atoms with Crippen LogP contribution in [-0.2, 0) is 0 Å². The number of hydrogen-bond acceptors (Lipinski definition) is 3. The number of fused-ring (bicyclic) bond motifs is 2. The third-order valence-corrected chi connectivity index (χ3v) is 5.88. The molecule has 1 aliphatic heterocycles. The van der Waals surface area contributed by atoms with Crippen molar-refractivity contribution in [2.75, 3.05) is 4.90 Å². The van der Waals surface area contributed by atoms with Gasteiger partial charge in [0.05, 0.1) is 27.5 Å². The highest BCUT2D eigenvalue weighted by Gasteiger charge is 2.27. The first-order valence-corrected chi connectivity index (χ1v) is 9.04. The monoisotopic (exact) mass is 426 g/mol. The molecule has 0 unspecified atom stereocenters. The summed E-state index contributed by atoms with van der Waals surface area (Å²) < 4.78 is 1.18. The van der Waals surface area contributed by atoms with E-state index in [0.29, 0.717) is 0 Å². The van der Waals surface area contributed by atoms with Crippen LogP contribution in [0.3, 0.4) is 0 Å². The molecule has 1 heterocycles. The van der Waals surface area contributed by atoms with E-state index in [1.165, 1.54) is 8.47 Å². The quantitative estimate of drug-likeness (QED) is 0.345. The predicted molar refractivity (Wildman–Crippen MR) is 103 cm³/mol. The minimum Gasteiger partial charge on any atom is -0.307 e. The maximum Gasteiger partial charge on any atom is 0.100 e. The molecular formula is C19H11IN2S. The van der Waals surface area contributed by atoms with Crippen LogP contribution in [-0.4, -0.2) is 0 Å². The minimum absolute atomic E-state index is 0.720. The molecule has 2 nitrogen and oxygen atoms in total. The normalized spacial score (nSPS) is 12.3. The Morgan fingerprint density at radius 1 is 0.826 bits per heavy atom. The first-order chi connectivity index (χ1) is 11.3. The van der Waals surface area contributed by atoms with Crippen molar-refractivity contribution in [3.05, 3.63) is 75.9 Å². The second kappa shape index (κ2) is 5.91. The number of halogens is 1. The van der Waals surface area contributed by atoms with Gasteiger partial charge in [-0.05, 0) is 59.0 Å². The van der Waals surface area contributed by atoms with Crippen molar-refractivity contribution in [2.45, 2.75) is 9.79 Å². The molecule has 23 heavy (non-hydrogen) atoms. The van der Waals surface area contributed by atoms with Crippen molar-refractivity contribution >= 4 is 51.4 Å². The van der Waals surface area contributed by atoms with Gasteiger partial charge >= 0.3 is 0 Å². The molecule has 4 rings (SSSR count). The Hall–Kier alpha value is -1.97. The van der Waals surface area contributed by atoms with Crippen LogP contribution in [0.2, 0.25) is 0 Å². The van der Waals surface area contributed by atoms with E-state index in [4.69, 9.17) is 0 Å². The van der Waals surface area contributed by atoms with E-state index >= 15 is 0 Å². The molecule has 0 saturated heterocycles. The summed E-state index contributed by atoms with van der Waals surface area (Å²) in [6.07, 6.45) is 0. The van der Waals surface area contributed by atoms with Crippen LogP contribution in [0.1, 0.15) is 5.56 Å². The third-order valence-electron chi connectivity index (χ3n) is 3.77. The van der Waals surface area contributed by atoms with Gasteiger partial charge in [0.2, 0.25) is 0 Å². The van der Waals surface area contributed by atoms with Gasteiger partial charge in [-0.1, -0.05) is 42.1 Å². The maximum absolute atomic E-state index is 9.47. The number of nitrogens with zero attached hydrogens (tertiary/aromatic N) is 2. The lowest BCUT2D eigenvalue weighted by Gasteiger charge is -2.33. The van der Waals surface area contributed by atoms with Crippen LogP contribution in [0.4, 0.5) is 17.1 Å². The smallest absolute Gasteiger partial charge is 0.100 e. The van der Waals surface area contributed by atoms with Crippen molar-refractivity contribution in [3.8, 4) is 6.07 Å². The van der Waals surface area contributed by atoms with Gasteiger partial charge < -0.3 is 4.90 Å². The standard InChI is InChI=1S/C19H11IN2S/c20-14-7-1-2-8-15(14)22-16-9-3-4-11-18(16)23-19-13(12-21)6-5-10-17(19)22/h1-11H. The van der Waals surface area contributed by atoms with Gasteiger partial charge in [0.15, 0.2) is 0 Å². The Morgan fingerprint density at radius 2 is 1.52 bits per heavy atom. The van der Waals surface area contributed by atoms with E-state index in [1.54, 1.807) is 11.8 Å². The molecule has 0 amide bonds. The lowest BCUT2D eigenvalue weighted by atomic mass is 10.1. The molecular weight excluding hydrogens is 415 g/mol. The average Bonchev–Trinajstić information content (AvgIpc) is 2.60. The third kappa shape index (κ3) is 2.41. The molecule has 0 spiro atoms. The summed E-state index contributed by atoms with van der Waals surface area (Å²) in [4.78, 5) is 4.44. The first-order valence-electron chi connectivity index (χ1n) is 7.14. The molecule has 110 valence electrons. The lowest BCUT2D eigenvalue weighted by molar-refractivity contribution is 1.15. The summed E-state index contributed by atoms with van der Waals surface area (Å²) >= 11 is 4.04. The summed E-state index contributed by atoms with van der Waals surface area (Å²) in [5.41, 5.74) is 4.08. The Kier molecular flexibility index (Phi) is 3.76. The number of para-hydroxylation sites is 2. The minimum atomic E-state index is 0.720. The fourth-order valence-electron chi connectivity index (χ4n) is 2.76. The first kappa shape index (κ1) is 14.6. The molecule has 0 radical (unpaired) electrons. The summed E-state index contributed by atoms with van der Waals surface area (Å²) in [7, 11) is 0. The van der Waals surface area contributed by atoms with Gasteiger partial charge in [0, 0.05) is 8.47 Å². The molecule has 0 atom stereocenters. The van der Waals surface area contributed by atoms with Crippen LogP contribution in [0.15, 0.2) is 76.5 Å². The molecule has 3 aromatic carbocycles. The highest BCUT2D eigenvalue weighted by molar-refractivity contribution is 14.1. The van der Waals surface area contributed by atoms with Gasteiger partial charge in [-0.25, -0.2) is 0 Å².